The molecule has 0 aliphatic carbocycles. The zero-order chi connectivity index (χ0) is 22.6. The Morgan fingerprint density at radius 1 is 1.00 bits per heavy atom. The summed E-state index contributed by atoms with van der Waals surface area (Å²) in [6.07, 6.45) is 0.523. The van der Waals surface area contributed by atoms with E-state index < -0.39 is 0 Å². The number of rotatable bonds is 3. The minimum Gasteiger partial charge on any atom is -0.343 e. The molecule has 1 N–H and O–H groups in total. The summed E-state index contributed by atoms with van der Waals surface area (Å²) >= 11 is 0. The minimum atomic E-state index is -0.388. The topological polar surface area (TPSA) is 59.1 Å². The molecule has 3 aliphatic heterocycles. The fourth-order valence-electron chi connectivity index (χ4n) is 5.23. The number of imide groups is 1. The highest BCUT2D eigenvalue weighted by atomic mass is 16.2. The molecule has 2 aromatic carbocycles. The molecule has 3 fully saturated rings. The minimum absolute atomic E-state index is 0.113. The molecular formula is C25H31N5O2. The summed E-state index contributed by atoms with van der Waals surface area (Å²) < 4.78 is 0. The Kier molecular flexibility index (Phi) is 5.18. The molecule has 3 atom stereocenters. The van der Waals surface area contributed by atoms with Gasteiger partial charge in [0.2, 0.25) is 0 Å². The van der Waals surface area contributed by atoms with Gasteiger partial charge in [0.25, 0.3) is 5.91 Å². The molecule has 0 saturated carbocycles. The molecule has 3 aliphatic rings. The van der Waals surface area contributed by atoms with E-state index in [0.29, 0.717) is 6.54 Å². The van der Waals surface area contributed by atoms with Crippen molar-refractivity contribution < 1.29 is 9.59 Å². The van der Waals surface area contributed by atoms with Gasteiger partial charge in [-0.05, 0) is 49.9 Å². The van der Waals surface area contributed by atoms with Crippen molar-refractivity contribution in [2.75, 3.05) is 25.0 Å². The molecule has 7 nitrogen and oxygen atoms in total. The first-order valence-corrected chi connectivity index (χ1v) is 11.3. The lowest BCUT2D eigenvalue weighted by Crippen LogP contribution is -2.66. The van der Waals surface area contributed by atoms with Crippen LogP contribution in [0.1, 0.15) is 28.7 Å². The second kappa shape index (κ2) is 7.90. The van der Waals surface area contributed by atoms with E-state index in [1.54, 1.807) is 11.9 Å². The summed E-state index contributed by atoms with van der Waals surface area (Å²) in [5, 5.41) is 3.60. The van der Waals surface area contributed by atoms with Crippen LogP contribution >= 0.6 is 0 Å². The molecule has 32 heavy (non-hydrogen) atoms. The third kappa shape index (κ3) is 3.27. The van der Waals surface area contributed by atoms with Crippen LogP contribution < -0.4 is 10.2 Å². The lowest BCUT2D eigenvalue weighted by Gasteiger charge is -2.44. The van der Waals surface area contributed by atoms with Crippen LogP contribution in [0.25, 0.3) is 0 Å². The van der Waals surface area contributed by atoms with Gasteiger partial charge < -0.3 is 9.80 Å². The van der Waals surface area contributed by atoms with Gasteiger partial charge in [-0.25, -0.2) is 4.79 Å². The number of fused-ring (bicyclic) bond motifs is 3. The van der Waals surface area contributed by atoms with E-state index in [-0.39, 0.29) is 30.4 Å². The number of anilines is 1. The van der Waals surface area contributed by atoms with Crippen molar-refractivity contribution in [3.8, 4) is 0 Å². The Morgan fingerprint density at radius 3 is 2.50 bits per heavy atom. The maximum Gasteiger partial charge on any atom is 0.328 e. The second-order valence-electron chi connectivity index (χ2n) is 9.24. The molecular weight excluding hydrogens is 402 g/mol. The van der Waals surface area contributed by atoms with Crippen LogP contribution in [0.2, 0.25) is 0 Å². The van der Waals surface area contributed by atoms with E-state index >= 15 is 0 Å². The van der Waals surface area contributed by atoms with Gasteiger partial charge in [-0.2, -0.15) is 0 Å². The van der Waals surface area contributed by atoms with Crippen LogP contribution in [-0.4, -0.2) is 65.3 Å². The summed E-state index contributed by atoms with van der Waals surface area (Å²) in [5.74, 6) is -0.114. The summed E-state index contributed by atoms with van der Waals surface area (Å²) in [4.78, 5) is 34.5. The van der Waals surface area contributed by atoms with Crippen molar-refractivity contribution in [3.63, 3.8) is 0 Å². The van der Waals surface area contributed by atoms with Crippen LogP contribution in [0.3, 0.4) is 0 Å². The van der Waals surface area contributed by atoms with Gasteiger partial charge >= 0.3 is 6.03 Å². The number of benzene rings is 2. The van der Waals surface area contributed by atoms with Crippen LogP contribution in [0.5, 0.6) is 0 Å². The molecule has 0 spiro atoms. The lowest BCUT2D eigenvalue weighted by atomic mass is 10.1. The van der Waals surface area contributed by atoms with E-state index in [1.165, 1.54) is 21.7 Å². The number of nitrogens with zero attached hydrogens (tertiary/aromatic N) is 4. The lowest BCUT2D eigenvalue weighted by molar-refractivity contribution is -0.139. The molecule has 0 bridgehead atoms. The van der Waals surface area contributed by atoms with Gasteiger partial charge in [0.05, 0.1) is 6.54 Å². The summed E-state index contributed by atoms with van der Waals surface area (Å²) in [5.41, 5.74) is 5.81. The predicted octanol–water partition coefficient (Wildman–Crippen LogP) is 2.80. The number of carbonyl (C=O) groups excluding carboxylic acids is 2. The number of urea groups is 1. The first-order chi connectivity index (χ1) is 15.4. The van der Waals surface area contributed by atoms with E-state index in [0.717, 1.165) is 30.6 Å². The number of aryl methyl sites for hydroxylation is 2. The molecule has 7 heteroatoms. The number of amides is 3. The van der Waals surface area contributed by atoms with E-state index in [4.69, 9.17) is 0 Å². The maximum atomic E-state index is 13.6. The molecule has 5 rings (SSSR count). The second-order valence-corrected chi connectivity index (χ2v) is 9.24. The Hall–Kier alpha value is -2.90. The molecule has 3 heterocycles. The first kappa shape index (κ1) is 21.0. The molecule has 2 aromatic rings. The van der Waals surface area contributed by atoms with Crippen LogP contribution in [-0.2, 0) is 11.3 Å². The normalized spacial score (nSPS) is 25.9. The number of hydrogen-bond donors (Lipinski definition) is 1. The van der Waals surface area contributed by atoms with E-state index in [2.05, 4.69) is 47.2 Å². The predicted molar refractivity (Wildman–Crippen MR) is 124 cm³/mol. The van der Waals surface area contributed by atoms with Crippen LogP contribution in [0.15, 0.2) is 42.5 Å². The largest absolute Gasteiger partial charge is 0.343 e. The standard InChI is InChI=1S/C25H31N5O2/c1-16-9-11-19(12-10-16)15-30-23(31)21-22(27(4)25(30)32)26-24-28(13-6-14-29(21)24)20-8-5-7-17(2)18(20)3/h5,7-12,21-22,24,26H,6,13-15H2,1-4H3. The molecule has 0 radical (unpaired) electrons. The Labute approximate surface area is 189 Å². The SMILES string of the molecule is Cc1ccc(CN2C(=O)C3C(NC4N(c5cccc(C)c5C)CCCN34)N(C)C2=O)cc1. The van der Waals surface area contributed by atoms with Gasteiger partial charge in [0.15, 0.2) is 0 Å². The third-order valence-electron chi connectivity index (χ3n) is 7.22. The van der Waals surface area contributed by atoms with Gasteiger partial charge in [-0.1, -0.05) is 42.0 Å². The number of nitrogens with one attached hydrogen (secondary N) is 1. The first-order valence-electron chi connectivity index (χ1n) is 11.3. The number of likely N-dealkylation sites (N-methyl/N-ethyl adjacent to an activating group) is 1. The van der Waals surface area contributed by atoms with Crippen molar-refractivity contribution in [1.29, 1.82) is 0 Å². The molecule has 3 unspecified atom stereocenters. The fraction of sp³-hybridized carbons (Fsp3) is 0.440. The summed E-state index contributed by atoms with van der Waals surface area (Å²) in [6, 6.07) is 13.7. The highest BCUT2D eigenvalue weighted by Gasteiger charge is 2.56. The number of carbonyl (C=O) groups is 2. The highest BCUT2D eigenvalue weighted by molar-refractivity contribution is 6.00. The van der Waals surface area contributed by atoms with Crippen molar-refractivity contribution in [2.24, 2.45) is 0 Å². The third-order valence-corrected chi connectivity index (χ3v) is 7.22. The monoisotopic (exact) mass is 433 g/mol. The van der Waals surface area contributed by atoms with Crippen molar-refractivity contribution >= 4 is 17.6 Å². The van der Waals surface area contributed by atoms with Gasteiger partial charge in [-0.15, -0.1) is 0 Å². The zero-order valence-electron chi connectivity index (χ0n) is 19.2. The molecule has 3 saturated heterocycles. The summed E-state index contributed by atoms with van der Waals surface area (Å²) in [6.45, 7) is 8.34. The van der Waals surface area contributed by atoms with Gasteiger partial charge in [0, 0.05) is 25.8 Å². The average molecular weight is 434 g/mol. The van der Waals surface area contributed by atoms with Crippen LogP contribution in [0.4, 0.5) is 10.5 Å². The van der Waals surface area contributed by atoms with E-state index in [1.807, 2.05) is 31.2 Å². The van der Waals surface area contributed by atoms with Crippen molar-refractivity contribution in [3.05, 3.63) is 64.7 Å². The Bertz CT molecular complexity index is 1050. The van der Waals surface area contributed by atoms with Gasteiger partial charge in [0.1, 0.15) is 18.5 Å². The summed E-state index contributed by atoms with van der Waals surface area (Å²) in [7, 11) is 1.79. The smallest absolute Gasteiger partial charge is 0.328 e. The fourth-order valence-corrected chi connectivity index (χ4v) is 5.23. The quantitative estimate of drug-likeness (QED) is 0.807. The Morgan fingerprint density at radius 2 is 1.75 bits per heavy atom. The number of hydrogen-bond acceptors (Lipinski definition) is 5. The average Bonchev–Trinajstić information content (AvgIpc) is 3.18. The highest BCUT2D eigenvalue weighted by Crippen LogP contribution is 2.35. The molecule has 168 valence electrons. The zero-order valence-corrected chi connectivity index (χ0v) is 19.2. The molecule has 3 amide bonds. The van der Waals surface area contributed by atoms with Gasteiger partial charge in [-0.3, -0.25) is 19.9 Å². The van der Waals surface area contributed by atoms with Crippen LogP contribution in [0, 0.1) is 20.8 Å². The maximum absolute atomic E-state index is 13.6. The Balaban J connectivity index is 1.45. The van der Waals surface area contributed by atoms with Crippen molar-refractivity contribution in [1.82, 2.24) is 20.0 Å². The van der Waals surface area contributed by atoms with Crippen molar-refractivity contribution in [2.45, 2.75) is 52.2 Å². The van der Waals surface area contributed by atoms with E-state index in [9.17, 15) is 9.59 Å². The molecule has 0 aromatic heterocycles.